The first-order chi connectivity index (χ1) is 12.6. The summed E-state index contributed by atoms with van der Waals surface area (Å²) in [6, 6.07) is 5.38. The summed E-state index contributed by atoms with van der Waals surface area (Å²) in [6.07, 6.45) is 0.717. The van der Waals surface area contributed by atoms with Gasteiger partial charge in [-0.2, -0.15) is 0 Å². The Morgan fingerprint density at radius 3 is 2.15 bits per heavy atom. The lowest BCUT2D eigenvalue weighted by atomic mass is 10.1. The molecule has 0 radical (unpaired) electrons. The minimum atomic E-state index is -3.77. The zero-order valence-corrected chi connectivity index (χ0v) is 16.2. The number of hydrogen-bond donors (Lipinski definition) is 2. The van der Waals surface area contributed by atoms with E-state index in [2.05, 4.69) is 4.72 Å². The van der Waals surface area contributed by atoms with Crippen LogP contribution in [-0.2, 0) is 14.8 Å². The summed E-state index contributed by atoms with van der Waals surface area (Å²) in [4.78, 5) is 36.8. The summed E-state index contributed by atoms with van der Waals surface area (Å²) in [7, 11) is -3.77. The Kier molecular flexibility index (Phi) is 6.72. The molecular formula is C18H24N2O6S. The molecule has 1 aromatic carbocycles. The number of rotatable bonds is 10. The molecule has 1 heterocycles. The first kappa shape index (κ1) is 21.0. The quantitative estimate of drug-likeness (QED) is 0.456. The lowest BCUT2D eigenvalue weighted by molar-refractivity contribution is -0.139. The smallest absolute Gasteiger partial charge is 0.321 e. The average molecular weight is 396 g/mol. The zero-order valence-electron chi connectivity index (χ0n) is 15.3. The summed E-state index contributed by atoms with van der Waals surface area (Å²) in [6.45, 7) is 3.74. The summed E-state index contributed by atoms with van der Waals surface area (Å²) >= 11 is 0. The molecule has 0 aromatic heterocycles. The van der Waals surface area contributed by atoms with Gasteiger partial charge in [0, 0.05) is 6.54 Å². The van der Waals surface area contributed by atoms with E-state index in [0.29, 0.717) is 17.5 Å². The molecule has 1 atom stereocenters. The predicted octanol–water partition coefficient (Wildman–Crippen LogP) is 1.48. The Labute approximate surface area is 158 Å². The fourth-order valence-corrected chi connectivity index (χ4v) is 4.28. The molecule has 1 aliphatic rings. The van der Waals surface area contributed by atoms with Gasteiger partial charge in [-0.3, -0.25) is 19.3 Å². The SMILES string of the molecule is CC(C)CC(NS(=O)(=O)CCCCN1C(=O)c2ccccc2C1=O)C(=O)O. The topological polar surface area (TPSA) is 121 Å². The molecular weight excluding hydrogens is 372 g/mol. The number of nitrogens with zero attached hydrogens (tertiary/aromatic N) is 1. The van der Waals surface area contributed by atoms with Crippen molar-refractivity contribution in [2.45, 2.75) is 39.2 Å². The number of carboxylic acids is 1. The van der Waals surface area contributed by atoms with Gasteiger partial charge in [-0.1, -0.05) is 26.0 Å². The second-order valence-corrected chi connectivity index (χ2v) is 8.85. The van der Waals surface area contributed by atoms with E-state index in [1.807, 2.05) is 13.8 Å². The molecule has 0 fully saturated rings. The van der Waals surface area contributed by atoms with Crippen molar-refractivity contribution in [2.24, 2.45) is 5.92 Å². The number of aliphatic carboxylic acids is 1. The molecule has 0 bridgehead atoms. The number of unbranched alkanes of at least 4 members (excludes halogenated alkanes) is 1. The number of carbonyl (C=O) groups excluding carboxylic acids is 2. The molecule has 1 aliphatic heterocycles. The van der Waals surface area contributed by atoms with E-state index in [-0.39, 0.29) is 42.9 Å². The number of carboxylic acid groups (broad SMARTS) is 1. The first-order valence-corrected chi connectivity index (χ1v) is 10.5. The van der Waals surface area contributed by atoms with Gasteiger partial charge >= 0.3 is 5.97 Å². The van der Waals surface area contributed by atoms with Crippen LogP contribution in [0.3, 0.4) is 0 Å². The maximum atomic E-state index is 12.2. The van der Waals surface area contributed by atoms with E-state index in [9.17, 15) is 22.8 Å². The molecule has 9 heteroatoms. The minimum absolute atomic E-state index is 0.0302. The standard InChI is InChI=1S/C18H24N2O6S/c1-12(2)11-15(18(23)24)19-27(25,26)10-6-5-9-20-16(21)13-7-3-4-8-14(13)17(20)22/h3-4,7-8,12,15,19H,5-6,9-11H2,1-2H3,(H,23,24). The third-order valence-corrected chi connectivity index (χ3v) is 5.72. The van der Waals surface area contributed by atoms with E-state index < -0.39 is 22.0 Å². The van der Waals surface area contributed by atoms with E-state index in [0.717, 1.165) is 4.90 Å². The normalized spacial score (nSPS) is 15.3. The lowest BCUT2D eigenvalue weighted by Crippen LogP contribution is -2.42. The van der Waals surface area contributed by atoms with Crippen LogP contribution < -0.4 is 4.72 Å². The minimum Gasteiger partial charge on any atom is -0.480 e. The molecule has 2 rings (SSSR count). The van der Waals surface area contributed by atoms with Gasteiger partial charge in [-0.15, -0.1) is 0 Å². The Morgan fingerprint density at radius 2 is 1.67 bits per heavy atom. The summed E-state index contributed by atoms with van der Waals surface area (Å²) in [5.74, 6) is -2.20. The van der Waals surface area contributed by atoms with Gasteiger partial charge < -0.3 is 5.11 Å². The molecule has 2 N–H and O–H groups in total. The van der Waals surface area contributed by atoms with Crippen molar-refractivity contribution >= 4 is 27.8 Å². The van der Waals surface area contributed by atoms with Crippen molar-refractivity contribution < 1.29 is 27.9 Å². The van der Waals surface area contributed by atoms with E-state index in [1.165, 1.54) is 0 Å². The maximum Gasteiger partial charge on any atom is 0.321 e. The first-order valence-electron chi connectivity index (χ1n) is 8.80. The fourth-order valence-electron chi connectivity index (χ4n) is 2.95. The molecule has 0 saturated carbocycles. The van der Waals surface area contributed by atoms with E-state index in [1.54, 1.807) is 24.3 Å². The molecule has 148 valence electrons. The number of fused-ring (bicyclic) bond motifs is 1. The van der Waals surface area contributed by atoms with Crippen LogP contribution in [0, 0.1) is 5.92 Å². The van der Waals surface area contributed by atoms with Crippen LogP contribution in [0.4, 0.5) is 0 Å². The summed E-state index contributed by atoms with van der Waals surface area (Å²) in [5, 5.41) is 9.14. The number of hydrogen-bond acceptors (Lipinski definition) is 5. The number of nitrogens with one attached hydrogen (secondary N) is 1. The van der Waals surface area contributed by atoms with Gasteiger partial charge in [0.25, 0.3) is 11.8 Å². The second-order valence-electron chi connectivity index (χ2n) is 6.97. The fraction of sp³-hybridized carbons (Fsp3) is 0.500. The largest absolute Gasteiger partial charge is 0.480 e. The highest BCUT2D eigenvalue weighted by Crippen LogP contribution is 2.22. The molecule has 27 heavy (non-hydrogen) atoms. The molecule has 1 unspecified atom stereocenters. The lowest BCUT2D eigenvalue weighted by Gasteiger charge is -2.17. The Balaban J connectivity index is 1.85. The molecule has 0 spiro atoms. The van der Waals surface area contributed by atoms with Crippen molar-refractivity contribution in [1.82, 2.24) is 9.62 Å². The Bertz CT molecular complexity index is 799. The highest BCUT2D eigenvalue weighted by molar-refractivity contribution is 7.89. The molecule has 8 nitrogen and oxygen atoms in total. The third-order valence-electron chi connectivity index (χ3n) is 4.25. The predicted molar refractivity (Wildman–Crippen MR) is 98.8 cm³/mol. The van der Waals surface area contributed by atoms with Crippen molar-refractivity contribution in [3.63, 3.8) is 0 Å². The van der Waals surface area contributed by atoms with Crippen molar-refractivity contribution in [1.29, 1.82) is 0 Å². The van der Waals surface area contributed by atoms with E-state index in [4.69, 9.17) is 5.11 Å². The molecule has 2 amide bonds. The number of amides is 2. The molecule has 0 saturated heterocycles. The van der Waals surface area contributed by atoms with Gasteiger partial charge in [0.1, 0.15) is 6.04 Å². The van der Waals surface area contributed by atoms with Gasteiger partial charge in [-0.05, 0) is 37.3 Å². The average Bonchev–Trinajstić information content (AvgIpc) is 2.82. The van der Waals surface area contributed by atoms with Crippen LogP contribution in [0.25, 0.3) is 0 Å². The summed E-state index contributed by atoms with van der Waals surface area (Å²) < 4.78 is 26.4. The van der Waals surface area contributed by atoms with Gasteiger partial charge in [0.05, 0.1) is 16.9 Å². The van der Waals surface area contributed by atoms with Crippen LogP contribution in [0.1, 0.15) is 53.8 Å². The van der Waals surface area contributed by atoms with Crippen molar-refractivity contribution in [2.75, 3.05) is 12.3 Å². The summed E-state index contributed by atoms with van der Waals surface area (Å²) in [5.41, 5.74) is 0.713. The Morgan fingerprint density at radius 1 is 1.11 bits per heavy atom. The monoisotopic (exact) mass is 396 g/mol. The van der Waals surface area contributed by atoms with Crippen LogP contribution in [0.15, 0.2) is 24.3 Å². The van der Waals surface area contributed by atoms with Crippen LogP contribution in [0.5, 0.6) is 0 Å². The second kappa shape index (κ2) is 8.62. The van der Waals surface area contributed by atoms with Crippen LogP contribution in [0.2, 0.25) is 0 Å². The highest BCUT2D eigenvalue weighted by atomic mass is 32.2. The van der Waals surface area contributed by atoms with Crippen molar-refractivity contribution in [3.05, 3.63) is 35.4 Å². The molecule has 1 aromatic rings. The molecule has 0 aliphatic carbocycles. The number of carbonyl (C=O) groups is 3. The Hall–Kier alpha value is -2.26. The van der Waals surface area contributed by atoms with Crippen molar-refractivity contribution in [3.8, 4) is 0 Å². The number of sulfonamides is 1. The van der Waals surface area contributed by atoms with Crippen LogP contribution >= 0.6 is 0 Å². The third kappa shape index (κ3) is 5.36. The zero-order chi connectivity index (χ0) is 20.2. The van der Waals surface area contributed by atoms with Gasteiger partial charge in [0.15, 0.2) is 0 Å². The van der Waals surface area contributed by atoms with Gasteiger partial charge in [0.2, 0.25) is 10.0 Å². The number of benzene rings is 1. The maximum absolute atomic E-state index is 12.2. The van der Waals surface area contributed by atoms with Crippen LogP contribution in [-0.4, -0.2) is 54.5 Å². The highest BCUT2D eigenvalue weighted by Gasteiger charge is 2.34. The number of imide groups is 1. The van der Waals surface area contributed by atoms with E-state index >= 15 is 0 Å². The van der Waals surface area contributed by atoms with Gasteiger partial charge in [-0.25, -0.2) is 13.1 Å².